The standard InChI is InChI=1S/C22H34N4O4S/c1-17-14-24(15-18(2)30-17)16-20-5-4-10-26(20)22(27)19-7-11-25(12-8-19)31(28,29)21-6-3-9-23-13-21/h3,6,9,13,17-20H,4-5,7-8,10-12,14-16H2,1-2H3. The van der Waals surface area contributed by atoms with Crippen LogP contribution in [0.2, 0.25) is 0 Å². The van der Waals surface area contributed by atoms with Crippen LogP contribution in [0, 0.1) is 5.92 Å². The number of likely N-dealkylation sites (tertiary alicyclic amines) is 1. The van der Waals surface area contributed by atoms with Crippen LogP contribution >= 0.6 is 0 Å². The van der Waals surface area contributed by atoms with Gasteiger partial charge in [-0.25, -0.2) is 8.42 Å². The Morgan fingerprint density at radius 3 is 2.48 bits per heavy atom. The minimum absolute atomic E-state index is 0.0940. The van der Waals surface area contributed by atoms with E-state index in [1.807, 2.05) is 0 Å². The highest BCUT2D eigenvalue weighted by Gasteiger charge is 2.38. The molecule has 1 aromatic heterocycles. The fourth-order valence-corrected chi connectivity index (χ4v) is 6.71. The molecule has 3 aliphatic heterocycles. The number of carbonyl (C=O) groups is 1. The van der Waals surface area contributed by atoms with Crippen molar-refractivity contribution < 1.29 is 17.9 Å². The first-order chi connectivity index (χ1) is 14.8. The van der Waals surface area contributed by atoms with Gasteiger partial charge in [-0.1, -0.05) is 0 Å². The van der Waals surface area contributed by atoms with Gasteiger partial charge in [0.05, 0.1) is 12.2 Å². The van der Waals surface area contributed by atoms with Crippen molar-refractivity contribution in [1.29, 1.82) is 0 Å². The third kappa shape index (κ3) is 5.10. The van der Waals surface area contributed by atoms with Crippen molar-refractivity contribution in [3.8, 4) is 0 Å². The van der Waals surface area contributed by atoms with Crippen molar-refractivity contribution in [3.63, 3.8) is 0 Å². The molecule has 0 radical (unpaired) electrons. The molecule has 0 N–H and O–H groups in total. The molecule has 3 saturated heterocycles. The minimum Gasteiger partial charge on any atom is -0.373 e. The van der Waals surface area contributed by atoms with E-state index in [-0.39, 0.29) is 35.0 Å². The van der Waals surface area contributed by atoms with Crippen LogP contribution in [0.3, 0.4) is 0 Å². The molecule has 31 heavy (non-hydrogen) atoms. The average molecular weight is 451 g/mol. The molecule has 9 heteroatoms. The summed E-state index contributed by atoms with van der Waals surface area (Å²) in [6.45, 7) is 8.50. The maximum Gasteiger partial charge on any atom is 0.244 e. The maximum absolute atomic E-state index is 13.3. The number of hydrogen-bond acceptors (Lipinski definition) is 6. The number of carbonyl (C=O) groups excluding carboxylic acids is 1. The third-order valence-corrected chi connectivity index (χ3v) is 8.58. The first kappa shape index (κ1) is 22.6. The number of pyridine rings is 1. The molecule has 0 saturated carbocycles. The van der Waals surface area contributed by atoms with Crippen molar-refractivity contribution in [2.75, 3.05) is 39.3 Å². The summed E-state index contributed by atoms with van der Waals surface area (Å²) in [6, 6.07) is 3.45. The Morgan fingerprint density at radius 1 is 1.13 bits per heavy atom. The summed E-state index contributed by atoms with van der Waals surface area (Å²) in [6.07, 6.45) is 6.63. The van der Waals surface area contributed by atoms with Crippen molar-refractivity contribution in [2.45, 2.75) is 62.7 Å². The van der Waals surface area contributed by atoms with Crippen LogP contribution < -0.4 is 0 Å². The van der Waals surface area contributed by atoms with Crippen molar-refractivity contribution >= 4 is 15.9 Å². The van der Waals surface area contributed by atoms with Crippen LogP contribution in [0.15, 0.2) is 29.4 Å². The van der Waals surface area contributed by atoms with Crippen LogP contribution in [-0.4, -0.2) is 90.9 Å². The highest BCUT2D eigenvalue weighted by molar-refractivity contribution is 7.89. The van der Waals surface area contributed by atoms with Gasteiger partial charge in [-0.2, -0.15) is 4.31 Å². The van der Waals surface area contributed by atoms with E-state index in [2.05, 4.69) is 28.6 Å². The SMILES string of the molecule is CC1CN(CC2CCCN2C(=O)C2CCN(S(=O)(=O)c3cccnc3)CC2)CC(C)O1. The van der Waals surface area contributed by atoms with E-state index >= 15 is 0 Å². The molecule has 1 amide bonds. The van der Waals surface area contributed by atoms with Gasteiger partial charge in [-0.3, -0.25) is 14.7 Å². The van der Waals surface area contributed by atoms with E-state index in [4.69, 9.17) is 4.74 Å². The van der Waals surface area contributed by atoms with Crippen molar-refractivity contribution in [3.05, 3.63) is 24.5 Å². The molecule has 3 unspecified atom stereocenters. The molecular formula is C22H34N4O4S. The summed E-state index contributed by atoms with van der Waals surface area (Å²) in [4.78, 5) is 22.0. The van der Waals surface area contributed by atoms with Crippen LogP contribution in [0.5, 0.6) is 0 Å². The number of sulfonamides is 1. The fourth-order valence-electron chi connectivity index (χ4n) is 5.27. The van der Waals surface area contributed by atoms with Gasteiger partial charge in [0, 0.05) is 63.6 Å². The van der Waals surface area contributed by atoms with Crippen molar-refractivity contribution in [2.24, 2.45) is 5.92 Å². The topological polar surface area (TPSA) is 83.0 Å². The molecule has 0 aromatic carbocycles. The first-order valence-corrected chi connectivity index (χ1v) is 12.9. The number of rotatable bonds is 5. The minimum atomic E-state index is -3.54. The predicted molar refractivity (Wildman–Crippen MR) is 117 cm³/mol. The molecule has 172 valence electrons. The number of aromatic nitrogens is 1. The molecule has 0 bridgehead atoms. The Balaban J connectivity index is 1.34. The zero-order chi connectivity index (χ0) is 22.0. The second kappa shape index (κ2) is 9.52. The summed E-state index contributed by atoms with van der Waals surface area (Å²) >= 11 is 0. The van der Waals surface area contributed by atoms with Gasteiger partial charge < -0.3 is 9.64 Å². The fraction of sp³-hybridized carbons (Fsp3) is 0.727. The number of piperidine rings is 1. The molecule has 3 atom stereocenters. The summed E-state index contributed by atoms with van der Waals surface area (Å²) in [5.41, 5.74) is 0. The Labute approximate surface area is 185 Å². The summed E-state index contributed by atoms with van der Waals surface area (Å²) in [5, 5.41) is 0. The van der Waals surface area contributed by atoms with Gasteiger partial charge in [-0.15, -0.1) is 0 Å². The lowest BCUT2D eigenvalue weighted by atomic mass is 9.96. The van der Waals surface area contributed by atoms with Gasteiger partial charge in [-0.05, 0) is 51.7 Å². The lowest BCUT2D eigenvalue weighted by molar-refractivity contribution is -0.138. The Bertz CT molecular complexity index is 848. The van der Waals surface area contributed by atoms with E-state index < -0.39 is 10.0 Å². The third-order valence-electron chi connectivity index (χ3n) is 6.70. The summed E-state index contributed by atoms with van der Waals surface area (Å²) < 4.78 is 33.0. The Morgan fingerprint density at radius 2 is 1.84 bits per heavy atom. The Kier molecular flexibility index (Phi) is 6.95. The van der Waals surface area contributed by atoms with E-state index in [9.17, 15) is 13.2 Å². The van der Waals surface area contributed by atoms with E-state index in [0.29, 0.717) is 25.9 Å². The van der Waals surface area contributed by atoms with E-state index in [0.717, 1.165) is 39.0 Å². The largest absolute Gasteiger partial charge is 0.373 e. The lowest BCUT2D eigenvalue weighted by Crippen LogP contribution is -2.52. The quantitative estimate of drug-likeness (QED) is 0.677. The summed E-state index contributed by atoms with van der Waals surface area (Å²) in [5.74, 6) is 0.110. The van der Waals surface area contributed by atoms with Gasteiger partial charge in [0.15, 0.2) is 0 Å². The number of nitrogens with zero attached hydrogens (tertiary/aromatic N) is 4. The molecule has 3 fully saturated rings. The van der Waals surface area contributed by atoms with Gasteiger partial charge >= 0.3 is 0 Å². The normalized spacial score (nSPS) is 29.4. The van der Waals surface area contributed by atoms with Crippen LogP contribution in [-0.2, 0) is 19.6 Å². The molecule has 0 spiro atoms. The van der Waals surface area contributed by atoms with Gasteiger partial charge in [0.1, 0.15) is 4.90 Å². The number of hydrogen-bond donors (Lipinski definition) is 0. The number of amides is 1. The molecule has 1 aromatic rings. The zero-order valence-electron chi connectivity index (χ0n) is 18.5. The molecule has 4 rings (SSSR count). The maximum atomic E-state index is 13.3. The second-order valence-corrected chi connectivity index (χ2v) is 11.1. The second-order valence-electron chi connectivity index (χ2n) is 9.17. The molecule has 4 heterocycles. The average Bonchev–Trinajstić information content (AvgIpc) is 3.21. The van der Waals surface area contributed by atoms with Crippen LogP contribution in [0.4, 0.5) is 0 Å². The highest BCUT2D eigenvalue weighted by atomic mass is 32.2. The molecule has 0 aliphatic carbocycles. The lowest BCUT2D eigenvalue weighted by Gasteiger charge is -2.39. The molecular weight excluding hydrogens is 416 g/mol. The first-order valence-electron chi connectivity index (χ1n) is 11.4. The zero-order valence-corrected chi connectivity index (χ0v) is 19.3. The van der Waals surface area contributed by atoms with Gasteiger partial charge in [0.2, 0.25) is 15.9 Å². The molecule has 8 nitrogen and oxygen atoms in total. The highest BCUT2D eigenvalue weighted by Crippen LogP contribution is 2.28. The van der Waals surface area contributed by atoms with Crippen LogP contribution in [0.25, 0.3) is 0 Å². The van der Waals surface area contributed by atoms with E-state index in [1.54, 1.807) is 18.3 Å². The summed E-state index contributed by atoms with van der Waals surface area (Å²) in [7, 11) is -3.54. The van der Waals surface area contributed by atoms with Crippen LogP contribution in [0.1, 0.15) is 39.5 Å². The Hall–Kier alpha value is -1.55. The van der Waals surface area contributed by atoms with Gasteiger partial charge in [0.25, 0.3) is 0 Å². The number of morpholine rings is 1. The monoisotopic (exact) mass is 450 g/mol. The molecule has 3 aliphatic rings. The van der Waals surface area contributed by atoms with E-state index in [1.165, 1.54) is 10.5 Å². The van der Waals surface area contributed by atoms with Crippen molar-refractivity contribution in [1.82, 2.24) is 19.1 Å². The smallest absolute Gasteiger partial charge is 0.244 e. The predicted octanol–water partition coefficient (Wildman–Crippen LogP) is 1.58. The number of ether oxygens (including phenoxy) is 1.